The molecule has 0 atom stereocenters. The van der Waals surface area contributed by atoms with Crippen molar-refractivity contribution in [1.82, 2.24) is 20.2 Å². The van der Waals surface area contributed by atoms with Gasteiger partial charge in [-0.3, -0.25) is 9.59 Å². The van der Waals surface area contributed by atoms with Crippen LogP contribution in [0.4, 0.5) is 11.4 Å². The van der Waals surface area contributed by atoms with Crippen molar-refractivity contribution in [3.05, 3.63) is 84.4 Å². The van der Waals surface area contributed by atoms with E-state index in [0.29, 0.717) is 34.1 Å². The molecule has 9 heteroatoms. The maximum atomic E-state index is 12.7. The molecular formula is C23H20N6O3. The third-order valence-electron chi connectivity index (χ3n) is 4.54. The summed E-state index contributed by atoms with van der Waals surface area (Å²) >= 11 is 0. The highest BCUT2D eigenvalue weighted by Gasteiger charge is 2.15. The molecule has 0 spiro atoms. The molecule has 1 heterocycles. The molecule has 4 aromatic rings. The number of nitrogens with one attached hydrogen (secondary N) is 2. The van der Waals surface area contributed by atoms with Crippen LogP contribution in [0.3, 0.4) is 0 Å². The minimum atomic E-state index is -0.300. The van der Waals surface area contributed by atoms with Gasteiger partial charge in [-0.15, -0.1) is 10.2 Å². The van der Waals surface area contributed by atoms with Crippen LogP contribution in [0.25, 0.3) is 11.4 Å². The molecule has 2 amide bonds. The minimum absolute atomic E-state index is 0.0970. The van der Waals surface area contributed by atoms with Gasteiger partial charge in [-0.05, 0) is 47.7 Å². The van der Waals surface area contributed by atoms with E-state index in [4.69, 9.17) is 4.74 Å². The molecule has 32 heavy (non-hydrogen) atoms. The maximum Gasteiger partial charge on any atom is 0.255 e. The van der Waals surface area contributed by atoms with Crippen LogP contribution in [0, 0.1) is 0 Å². The fourth-order valence-corrected chi connectivity index (χ4v) is 3.01. The molecule has 9 nitrogen and oxygen atoms in total. The normalized spacial score (nSPS) is 10.4. The van der Waals surface area contributed by atoms with Crippen LogP contribution >= 0.6 is 0 Å². The molecular weight excluding hydrogens is 408 g/mol. The van der Waals surface area contributed by atoms with Gasteiger partial charge in [0.05, 0.1) is 12.8 Å². The second-order valence-corrected chi connectivity index (χ2v) is 6.79. The molecule has 0 aliphatic carbocycles. The number of tetrazole rings is 1. The second kappa shape index (κ2) is 9.52. The zero-order valence-corrected chi connectivity index (χ0v) is 17.2. The molecule has 3 aromatic carbocycles. The number of carbonyl (C=O) groups excluding carboxylic acids is 2. The fraction of sp³-hybridized carbons (Fsp3) is 0.0870. The lowest BCUT2D eigenvalue weighted by molar-refractivity contribution is -0.117. The summed E-state index contributed by atoms with van der Waals surface area (Å²) in [5, 5.41) is 17.9. The number of ether oxygens (including phenoxy) is 1. The average molecular weight is 428 g/mol. The summed E-state index contributed by atoms with van der Waals surface area (Å²) in [5.41, 5.74) is 2.24. The molecule has 1 aromatic heterocycles. The first-order valence-corrected chi connectivity index (χ1v) is 9.80. The maximum absolute atomic E-state index is 12.7. The van der Waals surface area contributed by atoms with Crippen molar-refractivity contribution in [3.8, 4) is 17.1 Å². The Bertz CT molecular complexity index is 1240. The van der Waals surface area contributed by atoms with Gasteiger partial charge in [0.2, 0.25) is 11.7 Å². The number of aromatic nitrogens is 4. The molecule has 0 fully saturated rings. The van der Waals surface area contributed by atoms with Crippen LogP contribution < -0.4 is 15.4 Å². The molecule has 4 rings (SSSR count). The summed E-state index contributed by atoms with van der Waals surface area (Å²) in [5.74, 6) is 0.300. The smallest absolute Gasteiger partial charge is 0.255 e. The van der Waals surface area contributed by atoms with Gasteiger partial charge in [-0.2, -0.15) is 4.80 Å². The lowest BCUT2D eigenvalue weighted by atomic mass is 10.1. The standard InChI is InChI=1S/C23H20N6O3/c1-32-18-11-7-8-16(14-18)23(31)25-20-13-6-5-12-19(20)22-26-28-29(27-22)15-21(30)24-17-9-3-2-4-10-17/h2-14H,15H2,1H3,(H,24,30)(H,25,31). The Morgan fingerprint density at radius 3 is 2.53 bits per heavy atom. The van der Waals surface area contributed by atoms with Crippen LogP contribution in [-0.2, 0) is 11.3 Å². The van der Waals surface area contributed by atoms with E-state index in [2.05, 4.69) is 26.0 Å². The van der Waals surface area contributed by atoms with E-state index >= 15 is 0 Å². The minimum Gasteiger partial charge on any atom is -0.497 e. The quantitative estimate of drug-likeness (QED) is 0.468. The van der Waals surface area contributed by atoms with Crippen molar-refractivity contribution in [2.75, 3.05) is 17.7 Å². The molecule has 0 saturated carbocycles. The van der Waals surface area contributed by atoms with Gasteiger partial charge in [0, 0.05) is 16.8 Å². The average Bonchev–Trinajstić information content (AvgIpc) is 3.28. The number of nitrogens with zero attached hydrogens (tertiary/aromatic N) is 4. The Hall–Kier alpha value is -4.53. The summed E-state index contributed by atoms with van der Waals surface area (Å²) in [7, 11) is 1.54. The predicted octanol–water partition coefficient (Wildman–Crippen LogP) is 3.24. The molecule has 160 valence electrons. The molecule has 0 saturated heterocycles. The van der Waals surface area contributed by atoms with E-state index in [9.17, 15) is 9.59 Å². The van der Waals surface area contributed by atoms with Crippen LogP contribution in [0.2, 0.25) is 0 Å². The number of anilines is 2. The lowest BCUT2D eigenvalue weighted by Crippen LogP contribution is -2.20. The first kappa shape index (κ1) is 20.7. The van der Waals surface area contributed by atoms with Crippen molar-refractivity contribution >= 4 is 23.2 Å². The first-order chi connectivity index (χ1) is 15.6. The SMILES string of the molecule is COc1cccc(C(=O)Nc2ccccc2-c2nnn(CC(=O)Nc3ccccc3)n2)c1. The van der Waals surface area contributed by atoms with E-state index < -0.39 is 0 Å². The summed E-state index contributed by atoms with van der Waals surface area (Å²) < 4.78 is 5.18. The largest absolute Gasteiger partial charge is 0.497 e. The van der Waals surface area contributed by atoms with Gasteiger partial charge in [0.1, 0.15) is 12.3 Å². The van der Waals surface area contributed by atoms with Crippen molar-refractivity contribution in [1.29, 1.82) is 0 Å². The van der Waals surface area contributed by atoms with Crippen LogP contribution in [0.1, 0.15) is 10.4 Å². The zero-order chi connectivity index (χ0) is 22.3. The number of carbonyl (C=O) groups is 2. The Kier molecular flexibility index (Phi) is 6.17. The Morgan fingerprint density at radius 2 is 1.72 bits per heavy atom. The van der Waals surface area contributed by atoms with Gasteiger partial charge in [0.25, 0.3) is 5.91 Å². The van der Waals surface area contributed by atoms with Crippen molar-refractivity contribution in [2.24, 2.45) is 0 Å². The number of rotatable bonds is 7. The van der Waals surface area contributed by atoms with Gasteiger partial charge in [-0.1, -0.05) is 36.4 Å². The monoisotopic (exact) mass is 428 g/mol. The summed E-state index contributed by atoms with van der Waals surface area (Å²) in [6, 6.07) is 23.1. The Morgan fingerprint density at radius 1 is 0.938 bits per heavy atom. The highest BCUT2D eigenvalue weighted by atomic mass is 16.5. The van der Waals surface area contributed by atoms with Gasteiger partial charge < -0.3 is 15.4 Å². The lowest BCUT2D eigenvalue weighted by Gasteiger charge is -2.09. The zero-order valence-electron chi connectivity index (χ0n) is 17.2. The van der Waals surface area contributed by atoms with E-state index in [-0.39, 0.29) is 18.4 Å². The molecule has 0 radical (unpaired) electrons. The predicted molar refractivity (Wildman–Crippen MR) is 119 cm³/mol. The molecule has 2 N–H and O–H groups in total. The number of benzene rings is 3. The molecule has 0 unspecified atom stereocenters. The van der Waals surface area contributed by atoms with E-state index in [0.717, 1.165) is 0 Å². The van der Waals surface area contributed by atoms with E-state index in [1.54, 1.807) is 67.8 Å². The van der Waals surface area contributed by atoms with Gasteiger partial charge >= 0.3 is 0 Å². The number of amides is 2. The molecule has 0 bridgehead atoms. The van der Waals surface area contributed by atoms with Crippen molar-refractivity contribution < 1.29 is 14.3 Å². The first-order valence-electron chi connectivity index (χ1n) is 9.80. The number of hydrogen-bond acceptors (Lipinski definition) is 6. The van der Waals surface area contributed by atoms with Gasteiger partial charge in [0.15, 0.2) is 0 Å². The van der Waals surface area contributed by atoms with Gasteiger partial charge in [-0.25, -0.2) is 0 Å². The highest BCUT2D eigenvalue weighted by Crippen LogP contribution is 2.25. The van der Waals surface area contributed by atoms with Crippen LogP contribution in [-0.4, -0.2) is 39.1 Å². The Labute approximate surface area is 184 Å². The third-order valence-corrected chi connectivity index (χ3v) is 4.54. The number of methoxy groups -OCH3 is 1. The second-order valence-electron chi connectivity index (χ2n) is 6.79. The van der Waals surface area contributed by atoms with E-state index in [1.165, 1.54) is 4.80 Å². The Balaban J connectivity index is 1.48. The molecule has 0 aliphatic rings. The number of hydrogen-bond donors (Lipinski definition) is 2. The number of para-hydroxylation sites is 2. The summed E-state index contributed by atoms with van der Waals surface area (Å²) in [6.07, 6.45) is 0. The van der Waals surface area contributed by atoms with Crippen molar-refractivity contribution in [3.63, 3.8) is 0 Å². The van der Waals surface area contributed by atoms with Crippen molar-refractivity contribution in [2.45, 2.75) is 6.54 Å². The summed E-state index contributed by atoms with van der Waals surface area (Å²) in [6.45, 7) is -0.0970. The summed E-state index contributed by atoms with van der Waals surface area (Å²) in [4.78, 5) is 26.2. The van der Waals surface area contributed by atoms with E-state index in [1.807, 2.05) is 18.2 Å². The van der Waals surface area contributed by atoms with Crippen LogP contribution in [0.15, 0.2) is 78.9 Å². The fourth-order valence-electron chi connectivity index (χ4n) is 3.01. The highest BCUT2D eigenvalue weighted by molar-refractivity contribution is 6.06. The van der Waals surface area contributed by atoms with Crippen LogP contribution in [0.5, 0.6) is 5.75 Å². The molecule has 0 aliphatic heterocycles. The third kappa shape index (κ3) is 4.96. The topological polar surface area (TPSA) is 111 Å².